The van der Waals surface area contributed by atoms with Gasteiger partial charge in [-0.3, -0.25) is 0 Å². The molecular weight excluding hydrogens is 316 g/mol. The number of rotatable bonds is 7. The Morgan fingerprint density at radius 2 is 1.83 bits per heavy atom. The molecular formula is C16H18N2O4S. The van der Waals surface area contributed by atoms with Crippen LogP contribution in [0, 0.1) is 0 Å². The van der Waals surface area contributed by atoms with Crippen molar-refractivity contribution in [2.75, 3.05) is 11.9 Å². The molecule has 0 spiro atoms. The molecule has 0 radical (unpaired) electrons. The predicted molar refractivity (Wildman–Crippen MR) is 88.0 cm³/mol. The van der Waals surface area contributed by atoms with Gasteiger partial charge in [0.1, 0.15) is 0 Å². The van der Waals surface area contributed by atoms with Gasteiger partial charge in [-0.2, -0.15) is 0 Å². The smallest absolute Gasteiger partial charge is 0.337 e. The minimum atomic E-state index is -3.79. The number of benzene rings is 2. The molecule has 7 heteroatoms. The number of aromatic carboxylic acids is 1. The Hall–Kier alpha value is -2.38. The standard InChI is InChI=1S/C16H18N2O4S/c1-2-17-15-9-8-13(10-14(15)16(19)20)23(21,22)18-11-12-6-4-3-5-7-12/h3-10,17-18H,2,11H2,1H3,(H,19,20). The molecule has 0 aliphatic heterocycles. The van der Waals surface area contributed by atoms with Gasteiger partial charge in [0.05, 0.1) is 10.5 Å². The van der Waals surface area contributed by atoms with Crippen LogP contribution in [-0.4, -0.2) is 26.0 Å². The third-order valence-corrected chi connectivity index (χ3v) is 4.61. The van der Waals surface area contributed by atoms with Gasteiger partial charge in [-0.1, -0.05) is 30.3 Å². The molecule has 2 aromatic carbocycles. The van der Waals surface area contributed by atoms with Gasteiger partial charge >= 0.3 is 5.97 Å². The highest BCUT2D eigenvalue weighted by Crippen LogP contribution is 2.20. The van der Waals surface area contributed by atoms with E-state index >= 15 is 0 Å². The molecule has 122 valence electrons. The van der Waals surface area contributed by atoms with Crippen LogP contribution >= 0.6 is 0 Å². The van der Waals surface area contributed by atoms with Gasteiger partial charge < -0.3 is 10.4 Å². The summed E-state index contributed by atoms with van der Waals surface area (Å²) in [4.78, 5) is 11.2. The quantitative estimate of drug-likeness (QED) is 0.722. The van der Waals surface area contributed by atoms with Crippen LogP contribution in [-0.2, 0) is 16.6 Å². The molecule has 0 bridgehead atoms. The summed E-state index contributed by atoms with van der Waals surface area (Å²) >= 11 is 0. The summed E-state index contributed by atoms with van der Waals surface area (Å²) in [7, 11) is -3.79. The molecule has 2 aromatic rings. The Morgan fingerprint density at radius 1 is 1.13 bits per heavy atom. The lowest BCUT2D eigenvalue weighted by molar-refractivity contribution is 0.0697. The second-order valence-corrected chi connectivity index (χ2v) is 6.62. The predicted octanol–water partition coefficient (Wildman–Crippen LogP) is 2.30. The molecule has 0 aliphatic rings. The van der Waals surface area contributed by atoms with Gasteiger partial charge in [-0.15, -0.1) is 0 Å². The minimum absolute atomic E-state index is 0.0746. The highest BCUT2D eigenvalue weighted by atomic mass is 32.2. The first-order valence-electron chi connectivity index (χ1n) is 7.09. The first kappa shape index (κ1) is 17.0. The van der Waals surface area contributed by atoms with Gasteiger partial charge in [-0.05, 0) is 30.7 Å². The first-order chi connectivity index (χ1) is 10.9. The van der Waals surface area contributed by atoms with Crippen molar-refractivity contribution in [2.24, 2.45) is 0 Å². The number of sulfonamides is 1. The van der Waals surface area contributed by atoms with Crippen LogP contribution in [0.5, 0.6) is 0 Å². The second kappa shape index (κ2) is 7.26. The zero-order valence-corrected chi connectivity index (χ0v) is 13.4. The fraction of sp³-hybridized carbons (Fsp3) is 0.188. The van der Waals surface area contributed by atoms with Crippen molar-refractivity contribution in [1.29, 1.82) is 0 Å². The summed E-state index contributed by atoms with van der Waals surface area (Å²) in [6.45, 7) is 2.51. The van der Waals surface area contributed by atoms with E-state index in [0.29, 0.717) is 12.2 Å². The van der Waals surface area contributed by atoms with Gasteiger partial charge in [0, 0.05) is 18.8 Å². The topological polar surface area (TPSA) is 95.5 Å². The zero-order chi connectivity index (χ0) is 16.9. The summed E-state index contributed by atoms with van der Waals surface area (Å²) in [6.07, 6.45) is 0. The second-order valence-electron chi connectivity index (χ2n) is 4.85. The molecule has 0 aromatic heterocycles. The molecule has 0 aliphatic carbocycles. The maximum absolute atomic E-state index is 12.3. The Labute approximate surface area is 135 Å². The number of nitrogens with one attached hydrogen (secondary N) is 2. The molecule has 3 N–H and O–H groups in total. The third-order valence-electron chi connectivity index (χ3n) is 3.21. The maximum Gasteiger partial charge on any atom is 0.337 e. The Morgan fingerprint density at radius 3 is 2.43 bits per heavy atom. The molecule has 0 fully saturated rings. The molecule has 0 saturated heterocycles. The lowest BCUT2D eigenvalue weighted by Crippen LogP contribution is -2.23. The van der Waals surface area contributed by atoms with Crippen molar-refractivity contribution >= 4 is 21.7 Å². The van der Waals surface area contributed by atoms with Crippen LogP contribution in [0.1, 0.15) is 22.8 Å². The minimum Gasteiger partial charge on any atom is -0.478 e. The van der Waals surface area contributed by atoms with Crippen LogP contribution in [0.3, 0.4) is 0 Å². The highest BCUT2D eigenvalue weighted by Gasteiger charge is 2.18. The van der Waals surface area contributed by atoms with E-state index in [1.54, 1.807) is 12.1 Å². The van der Waals surface area contributed by atoms with Crippen molar-refractivity contribution in [3.8, 4) is 0 Å². The van der Waals surface area contributed by atoms with E-state index in [1.807, 2.05) is 25.1 Å². The van der Waals surface area contributed by atoms with E-state index in [-0.39, 0.29) is 17.0 Å². The monoisotopic (exact) mass is 334 g/mol. The van der Waals surface area contributed by atoms with E-state index in [1.165, 1.54) is 12.1 Å². The molecule has 0 saturated carbocycles. The Kier molecular flexibility index (Phi) is 5.36. The van der Waals surface area contributed by atoms with Crippen molar-refractivity contribution in [2.45, 2.75) is 18.4 Å². The van der Waals surface area contributed by atoms with Crippen LogP contribution < -0.4 is 10.0 Å². The van der Waals surface area contributed by atoms with Crippen LogP contribution in [0.4, 0.5) is 5.69 Å². The van der Waals surface area contributed by atoms with E-state index in [0.717, 1.165) is 11.6 Å². The van der Waals surface area contributed by atoms with Crippen molar-refractivity contribution < 1.29 is 18.3 Å². The van der Waals surface area contributed by atoms with E-state index in [4.69, 9.17) is 0 Å². The normalized spacial score (nSPS) is 11.2. The fourth-order valence-electron chi connectivity index (χ4n) is 2.07. The van der Waals surface area contributed by atoms with Crippen molar-refractivity contribution in [1.82, 2.24) is 4.72 Å². The summed E-state index contributed by atoms with van der Waals surface area (Å²) in [5.41, 5.74) is 1.13. The van der Waals surface area contributed by atoms with E-state index < -0.39 is 16.0 Å². The number of carboxylic acids is 1. The number of hydrogen-bond acceptors (Lipinski definition) is 4. The van der Waals surface area contributed by atoms with E-state index in [9.17, 15) is 18.3 Å². The summed E-state index contributed by atoms with van der Waals surface area (Å²) in [6, 6.07) is 13.1. The third kappa shape index (κ3) is 4.30. The van der Waals surface area contributed by atoms with Gasteiger partial charge in [0.2, 0.25) is 10.0 Å². The highest BCUT2D eigenvalue weighted by molar-refractivity contribution is 7.89. The summed E-state index contributed by atoms with van der Waals surface area (Å²) in [5, 5.41) is 12.1. The van der Waals surface area contributed by atoms with Crippen LogP contribution in [0.25, 0.3) is 0 Å². The largest absolute Gasteiger partial charge is 0.478 e. The summed E-state index contributed by atoms with van der Waals surface area (Å²) in [5.74, 6) is -1.18. The SMILES string of the molecule is CCNc1ccc(S(=O)(=O)NCc2ccccc2)cc1C(=O)O. The Bertz CT molecular complexity index is 789. The molecule has 0 atom stereocenters. The lowest BCUT2D eigenvalue weighted by atomic mass is 10.2. The fourth-order valence-corrected chi connectivity index (χ4v) is 3.11. The van der Waals surface area contributed by atoms with Crippen LogP contribution in [0.15, 0.2) is 53.4 Å². The molecule has 23 heavy (non-hydrogen) atoms. The molecule has 0 amide bonds. The number of hydrogen-bond donors (Lipinski definition) is 3. The maximum atomic E-state index is 12.3. The molecule has 0 unspecified atom stereocenters. The van der Waals surface area contributed by atoms with Gasteiger partial charge in [0.25, 0.3) is 0 Å². The molecule has 2 rings (SSSR count). The van der Waals surface area contributed by atoms with E-state index in [2.05, 4.69) is 10.0 Å². The van der Waals surface area contributed by atoms with Crippen molar-refractivity contribution in [3.05, 3.63) is 59.7 Å². The molecule has 6 nitrogen and oxygen atoms in total. The van der Waals surface area contributed by atoms with Crippen molar-refractivity contribution in [3.63, 3.8) is 0 Å². The number of anilines is 1. The van der Waals surface area contributed by atoms with Gasteiger partial charge in [0.15, 0.2) is 0 Å². The number of carbonyl (C=O) groups is 1. The Balaban J connectivity index is 2.25. The zero-order valence-electron chi connectivity index (χ0n) is 12.6. The van der Waals surface area contributed by atoms with Crippen LogP contribution in [0.2, 0.25) is 0 Å². The first-order valence-corrected chi connectivity index (χ1v) is 8.57. The van der Waals surface area contributed by atoms with Gasteiger partial charge in [-0.25, -0.2) is 17.9 Å². The average molecular weight is 334 g/mol. The average Bonchev–Trinajstić information content (AvgIpc) is 2.54. The molecule has 0 heterocycles. The number of carboxylic acid groups (broad SMARTS) is 1. The lowest BCUT2D eigenvalue weighted by Gasteiger charge is -2.11. The summed E-state index contributed by atoms with van der Waals surface area (Å²) < 4.78 is 27.1.